The van der Waals surface area contributed by atoms with Crippen LogP contribution in [0.2, 0.25) is 0 Å². The lowest BCUT2D eigenvalue weighted by molar-refractivity contribution is 0.0777. The van der Waals surface area contributed by atoms with Crippen LogP contribution in [0.1, 0.15) is 72.1 Å². The van der Waals surface area contributed by atoms with E-state index < -0.39 is 0 Å². The van der Waals surface area contributed by atoms with Crippen molar-refractivity contribution in [2.45, 2.75) is 84.2 Å². The zero-order valence-corrected chi connectivity index (χ0v) is 14.3. The minimum absolute atomic E-state index is 0.536. The normalized spacial score (nSPS) is 32.4. The molecule has 2 aliphatic carbocycles. The first-order valence-corrected chi connectivity index (χ1v) is 8.94. The molecule has 2 aliphatic rings. The Hall–Kier alpha value is -0.0800. The van der Waals surface area contributed by atoms with E-state index in [9.17, 15) is 0 Å². The molecule has 0 radical (unpaired) electrons. The number of nitrogens with zero attached hydrogens (tertiary/aromatic N) is 1. The lowest BCUT2D eigenvalue weighted by atomic mass is 9.70. The molecule has 0 unspecified atom stereocenters. The van der Waals surface area contributed by atoms with Gasteiger partial charge in [-0.1, -0.05) is 46.5 Å². The van der Waals surface area contributed by atoms with E-state index >= 15 is 0 Å². The summed E-state index contributed by atoms with van der Waals surface area (Å²) in [5, 5.41) is 3.74. The number of rotatable bonds is 6. The maximum Gasteiger partial charge on any atom is 0.00924 e. The fourth-order valence-electron chi connectivity index (χ4n) is 4.19. The topological polar surface area (TPSA) is 15.3 Å². The minimum atomic E-state index is 0.536. The van der Waals surface area contributed by atoms with Gasteiger partial charge in [0.2, 0.25) is 0 Å². The Morgan fingerprint density at radius 2 is 1.70 bits per heavy atom. The number of hydrogen-bond donors (Lipinski definition) is 1. The highest BCUT2D eigenvalue weighted by molar-refractivity contribution is 4.91. The second-order valence-electron chi connectivity index (χ2n) is 8.07. The van der Waals surface area contributed by atoms with Crippen LogP contribution in [-0.2, 0) is 0 Å². The first-order chi connectivity index (χ1) is 9.51. The predicted molar refractivity (Wildman–Crippen MR) is 88.1 cm³/mol. The van der Waals surface area contributed by atoms with Crippen molar-refractivity contribution in [2.75, 3.05) is 20.1 Å². The van der Waals surface area contributed by atoms with Gasteiger partial charge in [-0.3, -0.25) is 0 Å². The molecule has 0 saturated heterocycles. The van der Waals surface area contributed by atoms with Crippen molar-refractivity contribution in [3.05, 3.63) is 0 Å². The van der Waals surface area contributed by atoms with Crippen LogP contribution < -0.4 is 5.32 Å². The molecule has 20 heavy (non-hydrogen) atoms. The third-order valence-electron chi connectivity index (χ3n) is 5.75. The van der Waals surface area contributed by atoms with E-state index in [1.165, 1.54) is 64.5 Å². The Bertz CT molecular complexity index is 273. The van der Waals surface area contributed by atoms with Crippen molar-refractivity contribution in [1.82, 2.24) is 10.2 Å². The van der Waals surface area contributed by atoms with Crippen LogP contribution in [0.15, 0.2) is 0 Å². The molecule has 0 bridgehead atoms. The lowest BCUT2D eigenvalue weighted by Crippen LogP contribution is -2.48. The van der Waals surface area contributed by atoms with Crippen LogP contribution in [0.4, 0.5) is 0 Å². The van der Waals surface area contributed by atoms with E-state index in [0.29, 0.717) is 11.5 Å². The molecular weight excluding hydrogens is 244 g/mol. The van der Waals surface area contributed by atoms with E-state index in [2.05, 4.69) is 38.0 Å². The molecule has 0 aromatic rings. The van der Waals surface area contributed by atoms with Gasteiger partial charge in [0.15, 0.2) is 0 Å². The van der Waals surface area contributed by atoms with Crippen molar-refractivity contribution in [1.29, 1.82) is 0 Å². The molecule has 1 N–H and O–H groups in total. The van der Waals surface area contributed by atoms with E-state index in [4.69, 9.17) is 0 Å². The molecule has 2 heteroatoms. The van der Waals surface area contributed by atoms with E-state index in [-0.39, 0.29) is 0 Å². The molecule has 0 aromatic heterocycles. The van der Waals surface area contributed by atoms with Crippen molar-refractivity contribution < 1.29 is 0 Å². The van der Waals surface area contributed by atoms with Crippen LogP contribution in [0.25, 0.3) is 0 Å². The highest BCUT2D eigenvalue weighted by atomic mass is 15.1. The maximum absolute atomic E-state index is 3.74. The molecule has 0 amide bonds. The van der Waals surface area contributed by atoms with Gasteiger partial charge in [-0.2, -0.15) is 0 Å². The molecule has 118 valence electrons. The Labute approximate surface area is 126 Å². The molecule has 2 rings (SSSR count). The summed E-state index contributed by atoms with van der Waals surface area (Å²) >= 11 is 0. The molecule has 2 saturated carbocycles. The summed E-state index contributed by atoms with van der Waals surface area (Å²) in [7, 11) is 2.38. The summed E-state index contributed by atoms with van der Waals surface area (Å²) in [5.74, 6) is 0.943. The Morgan fingerprint density at radius 1 is 1.10 bits per heavy atom. The average Bonchev–Trinajstić information content (AvgIpc) is 2.94. The summed E-state index contributed by atoms with van der Waals surface area (Å²) in [6, 6.07) is 1.48. The SMILES string of the molecule is CC1CCC(CNC(C)C)(CN(C)C2CCCC2)CC1. The molecule has 0 aliphatic heterocycles. The Morgan fingerprint density at radius 3 is 2.25 bits per heavy atom. The molecule has 2 nitrogen and oxygen atoms in total. The summed E-state index contributed by atoms with van der Waals surface area (Å²) in [4.78, 5) is 2.70. The largest absolute Gasteiger partial charge is 0.314 e. The highest BCUT2D eigenvalue weighted by Gasteiger charge is 2.36. The number of nitrogens with one attached hydrogen (secondary N) is 1. The van der Waals surface area contributed by atoms with E-state index in [0.717, 1.165) is 12.0 Å². The quantitative estimate of drug-likeness (QED) is 0.789. The highest BCUT2D eigenvalue weighted by Crippen LogP contribution is 2.40. The summed E-state index contributed by atoms with van der Waals surface area (Å²) in [6.45, 7) is 9.51. The molecule has 0 atom stereocenters. The van der Waals surface area contributed by atoms with E-state index in [1.807, 2.05) is 0 Å². The van der Waals surface area contributed by atoms with Gasteiger partial charge in [-0.25, -0.2) is 0 Å². The predicted octanol–water partition coefficient (Wildman–Crippen LogP) is 4.06. The van der Waals surface area contributed by atoms with Gasteiger partial charge in [-0.15, -0.1) is 0 Å². The van der Waals surface area contributed by atoms with Gasteiger partial charge in [0.05, 0.1) is 0 Å². The van der Waals surface area contributed by atoms with Crippen LogP contribution in [0, 0.1) is 11.3 Å². The second-order valence-corrected chi connectivity index (χ2v) is 8.07. The smallest absolute Gasteiger partial charge is 0.00924 e. The monoisotopic (exact) mass is 280 g/mol. The molecule has 0 heterocycles. The average molecular weight is 280 g/mol. The molecule has 0 spiro atoms. The van der Waals surface area contributed by atoms with Crippen molar-refractivity contribution >= 4 is 0 Å². The first-order valence-electron chi connectivity index (χ1n) is 8.94. The summed E-state index contributed by atoms with van der Waals surface area (Å²) < 4.78 is 0. The lowest BCUT2D eigenvalue weighted by Gasteiger charge is -2.44. The Balaban J connectivity index is 1.94. The zero-order chi connectivity index (χ0) is 14.6. The summed E-state index contributed by atoms with van der Waals surface area (Å²) in [5.41, 5.74) is 0.536. The third kappa shape index (κ3) is 4.46. The zero-order valence-electron chi connectivity index (χ0n) is 14.3. The molecule has 0 aromatic carbocycles. The number of hydrogen-bond acceptors (Lipinski definition) is 2. The minimum Gasteiger partial charge on any atom is -0.314 e. The van der Waals surface area contributed by atoms with Crippen LogP contribution in [0.5, 0.6) is 0 Å². The summed E-state index contributed by atoms with van der Waals surface area (Å²) in [6.07, 6.45) is 11.5. The van der Waals surface area contributed by atoms with E-state index in [1.54, 1.807) is 0 Å². The second kappa shape index (κ2) is 7.26. The fraction of sp³-hybridized carbons (Fsp3) is 1.00. The van der Waals surface area contributed by atoms with Crippen molar-refractivity contribution in [2.24, 2.45) is 11.3 Å². The van der Waals surface area contributed by atoms with Gasteiger partial charge >= 0.3 is 0 Å². The van der Waals surface area contributed by atoms with Gasteiger partial charge in [-0.05, 0) is 44.1 Å². The fourth-order valence-corrected chi connectivity index (χ4v) is 4.19. The maximum atomic E-state index is 3.74. The molecular formula is C18H36N2. The van der Waals surface area contributed by atoms with Gasteiger partial charge in [0.25, 0.3) is 0 Å². The first kappa shape index (κ1) is 16.3. The van der Waals surface area contributed by atoms with Crippen molar-refractivity contribution in [3.63, 3.8) is 0 Å². The van der Waals surface area contributed by atoms with Gasteiger partial charge in [0, 0.05) is 25.2 Å². The van der Waals surface area contributed by atoms with Crippen LogP contribution in [0.3, 0.4) is 0 Å². The Kier molecular flexibility index (Phi) is 5.92. The van der Waals surface area contributed by atoms with Crippen LogP contribution in [-0.4, -0.2) is 37.1 Å². The van der Waals surface area contributed by atoms with Gasteiger partial charge in [0.1, 0.15) is 0 Å². The third-order valence-corrected chi connectivity index (χ3v) is 5.75. The standard InChI is InChI=1S/C18H36N2/c1-15(2)19-13-18(11-9-16(3)10-12-18)14-20(4)17-7-5-6-8-17/h15-17,19H,5-14H2,1-4H3. The molecule has 2 fully saturated rings. The van der Waals surface area contributed by atoms with Crippen LogP contribution >= 0.6 is 0 Å². The van der Waals surface area contributed by atoms with Crippen molar-refractivity contribution in [3.8, 4) is 0 Å². The van der Waals surface area contributed by atoms with Gasteiger partial charge < -0.3 is 10.2 Å².